The van der Waals surface area contributed by atoms with E-state index in [1.54, 1.807) is 0 Å². The van der Waals surface area contributed by atoms with E-state index in [0.717, 1.165) is 25.9 Å². The van der Waals surface area contributed by atoms with Crippen molar-refractivity contribution in [3.05, 3.63) is 24.0 Å². The number of carboxylic acids is 1. The lowest BCUT2D eigenvalue weighted by Gasteiger charge is -2.30. The highest BCUT2D eigenvalue weighted by Crippen LogP contribution is 2.18. The molecular formula is C12H18N2O2. The molecule has 0 saturated carbocycles. The van der Waals surface area contributed by atoms with Gasteiger partial charge in [-0.05, 0) is 31.5 Å². The van der Waals surface area contributed by atoms with E-state index in [-0.39, 0.29) is 5.92 Å². The number of likely N-dealkylation sites (tertiary alicyclic amines) is 1. The smallest absolute Gasteiger partial charge is 0.307 e. The van der Waals surface area contributed by atoms with E-state index in [1.165, 1.54) is 5.69 Å². The van der Waals surface area contributed by atoms with Crippen LogP contribution in [0.3, 0.4) is 0 Å². The summed E-state index contributed by atoms with van der Waals surface area (Å²) in [6, 6.07) is 4.11. The second kappa shape index (κ2) is 4.70. The monoisotopic (exact) mass is 222 g/mol. The number of aromatic nitrogens is 1. The number of hydrogen-bond donors (Lipinski definition) is 1. The highest BCUT2D eigenvalue weighted by Gasteiger charge is 2.25. The van der Waals surface area contributed by atoms with Gasteiger partial charge in [0.15, 0.2) is 0 Å². The maximum atomic E-state index is 10.9. The summed E-state index contributed by atoms with van der Waals surface area (Å²) in [6.45, 7) is 2.54. The van der Waals surface area contributed by atoms with Crippen molar-refractivity contribution in [2.45, 2.75) is 19.4 Å². The quantitative estimate of drug-likeness (QED) is 0.839. The number of rotatable bonds is 3. The molecule has 0 unspecified atom stereocenters. The van der Waals surface area contributed by atoms with Crippen LogP contribution in [0.5, 0.6) is 0 Å². The molecule has 16 heavy (non-hydrogen) atoms. The first-order valence-corrected chi connectivity index (χ1v) is 5.72. The van der Waals surface area contributed by atoms with Crippen LogP contribution in [0, 0.1) is 5.92 Å². The topological polar surface area (TPSA) is 45.5 Å². The third-order valence-electron chi connectivity index (χ3n) is 3.29. The minimum atomic E-state index is -0.656. The Bertz CT molecular complexity index is 373. The van der Waals surface area contributed by atoms with E-state index in [0.29, 0.717) is 6.54 Å². The van der Waals surface area contributed by atoms with Crippen molar-refractivity contribution in [1.29, 1.82) is 0 Å². The largest absolute Gasteiger partial charge is 0.481 e. The predicted octanol–water partition coefficient (Wildman–Crippen LogP) is 1.32. The van der Waals surface area contributed by atoms with Crippen molar-refractivity contribution in [2.24, 2.45) is 13.0 Å². The summed E-state index contributed by atoms with van der Waals surface area (Å²) in [6.07, 6.45) is 3.83. The molecule has 1 aromatic heterocycles. The molecule has 0 amide bonds. The Kier molecular flexibility index (Phi) is 3.29. The van der Waals surface area contributed by atoms with E-state index in [4.69, 9.17) is 5.11 Å². The van der Waals surface area contributed by atoms with Crippen LogP contribution >= 0.6 is 0 Å². The summed E-state index contributed by atoms with van der Waals surface area (Å²) >= 11 is 0. The number of hydrogen-bond acceptors (Lipinski definition) is 2. The zero-order chi connectivity index (χ0) is 11.5. The SMILES string of the molecule is Cn1cccc1CN1CCC[C@@H](C(=O)O)C1. The molecule has 1 N–H and O–H groups in total. The Hall–Kier alpha value is -1.29. The van der Waals surface area contributed by atoms with Crippen LogP contribution in [0.25, 0.3) is 0 Å². The molecule has 1 aliphatic rings. The normalized spacial score (nSPS) is 22.2. The van der Waals surface area contributed by atoms with Crippen molar-refractivity contribution in [1.82, 2.24) is 9.47 Å². The van der Waals surface area contributed by atoms with Crippen LogP contribution in [-0.4, -0.2) is 33.6 Å². The fraction of sp³-hybridized carbons (Fsp3) is 0.583. The lowest BCUT2D eigenvalue weighted by atomic mass is 9.98. The van der Waals surface area contributed by atoms with Gasteiger partial charge in [-0.1, -0.05) is 0 Å². The first-order chi connectivity index (χ1) is 7.66. The molecule has 0 bridgehead atoms. The van der Waals surface area contributed by atoms with Crippen LogP contribution in [0.2, 0.25) is 0 Å². The van der Waals surface area contributed by atoms with E-state index in [1.807, 2.05) is 19.3 Å². The van der Waals surface area contributed by atoms with Crippen molar-refractivity contribution in [3.8, 4) is 0 Å². The fourth-order valence-corrected chi connectivity index (χ4v) is 2.29. The highest BCUT2D eigenvalue weighted by molar-refractivity contribution is 5.70. The van der Waals surface area contributed by atoms with E-state index in [9.17, 15) is 4.79 Å². The van der Waals surface area contributed by atoms with Crippen molar-refractivity contribution in [3.63, 3.8) is 0 Å². The van der Waals surface area contributed by atoms with Gasteiger partial charge in [0.05, 0.1) is 5.92 Å². The minimum absolute atomic E-state index is 0.186. The van der Waals surface area contributed by atoms with Crippen LogP contribution < -0.4 is 0 Å². The first kappa shape index (κ1) is 11.2. The molecule has 4 nitrogen and oxygen atoms in total. The number of piperidine rings is 1. The van der Waals surface area contributed by atoms with E-state index < -0.39 is 5.97 Å². The van der Waals surface area contributed by atoms with Gasteiger partial charge in [-0.25, -0.2) is 0 Å². The minimum Gasteiger partial charge on any atom is -0.481 e. The number of carboxylic acid groups (broad SMARTS) is 1. The molecular weight excluding hydrogens is 204 g/mol. The molecule has 0 spiro atoms. The van der Waals surface area contributed by atoms with E-state index >= 15 is 0 Å². The standard InChI is InChI=1S/C12H18N2O2/c1-13-6-3-5-11(13)9-14-7-2-4-10(8-14)12(15)16/h3,5-6,10H,2,4,7-9H2,1H3,(H,15,16)/t10-/m1/s1. The Labute approximate surface area is 95.5 Å². The number of aliphatic carboxylic acids is 1. The van der Waals surface area contributed by atoms with Gasteiger partial charge < -0.3 is 9.67 Å². The second-order valence-corrected chi connectivity index (χ2v) is 4.52. The lowest BCUT2D eigenvalue weighted by Crippen LogP contribution is -2.38. The summed E-state index contributed by atoms with van der Waals surface area (Å²) in [4.78, 5) is 13.2. The van der Waals surface area contributed by atoms with Crippen molar-refractivity contribution < 1.29 is 9.90 Å². The van der Waals surface area contributed by atoms with Gasteiger partial charge in [-0.2, -0.15) is 0 Å². The molecule has 4 heteroatoms. The fourth-order valence-electron chi connectivity index (χ4n) is 2.29. The summed E-state index contributed by atoms with van der Waals surface area (Å²) in [5.74, 6) is -0.842. The predicted molar refractivity (Wildman–Crippen MR) is 61.0 cm³/mol. The Morgan fingerprint density at radius 3 is 3.06 bits per heavy atom. The van der Waals surface area contributed by atoms with Crippen LogP contribution in [-0.2, 0) is 18.4 Å². The average Bonchev–Trinajstić information content (AvgIpc) is 2.65. The Balaban J connectivity index is 1.95. The summed E-state index contributed by atoms with van der Waals surface area (Å²) in [5, 5.41) is 9.00. The third-order valence-corrected chi connectivity index (χ3v) is 3.29. The molecule has 2 rings (SSSR count). The van der Waals surface area contributed by atoms with Crippen molar-refractivity contribution >= 4 is 5.97 Å². The maximum absolute atomic E-state index is 10.9. The summed E-state index contributed by atoms with van der Waals surface area (Å²) < 4.78 is 2.09. The Morgan fingerprint density at radius 2 is 2.44 bits per heavy atom. The Morgan fingerprint density at radius 1 is 1.62 bits per heavy atom. The number of carbonyl (C=O) groups is 1. The molecule has 1 atom stereocenters. The number of nitrogens with zero attached hydrogens (tertiary/aromatic N) is 2. The summed E-state index contributed by atoms with van der Waals surface area (Å²) in [7, 11) is 2.02. The molecule has 0 aliphatic carbocycles. The molecule has 0 aromatic carbocycles. The molecule has 1 saturated heterocycles. The number of aryl methyl sites for hydroxylation is 1. The maximum Gasteiger partial charge on any atom is 0.307 e. The molecule has 1 aliphatic heterocycles. The van der Waals surface area contributed by atoms with Crippen LogP contribution in [0.4, 0.5) is 0 Å². The van der Waals surface area contributed by atoms with Crippen LogP contribution in [0.15, 0.2) is 18.3 Å². The average molecular weight is 222 g/mol. The molecule has 1 fully saturated rings. The first-order valence-electron chi connectivity index (χ1n) is 5.72. The van der Waals surface area contributed by atoms with Gasteiger partial charge in [0.25, 0.3) is 0 Å². The molecule has 1 aromatic rings. The zero-order valence-electron chi connectivity index (χ0n) is 9.59. The van der Waals surface area contributed by atoms with Gasteiger partial charge in [-0.3, -0.25) is 9.69 Å². The summed E-state index contributed by atoms with van der Waals surface area (Å²) in [5.41, 5.74) is 1.24. The molecule has 0 radical (unpaired) electrons. The highest BCUT2D eigenvalue weighted by atomic mass is 16.4. The van der Waals surface area contributed by atoms with Gasteiger partial charge in [0.1, 0.15) is 0 Å². The van der Waals surface area contributed by atoms with Gasteiger partial charge in [0, 0.05) is 32.0 Å². The lowest BCUT2D eigenvalue weighted by molar-refractivity contribution is -0.143. The van der Waals surface area contributed by atoms with E-state index in [2.05, 4.69) is 15.5 Å². The molecule has 2 heterocycles. The molecule has 88 valence electrons. The van der Waals surface area contributed by atoms with Gasteiger partial charge >= 0.3 is 5.97 Å². The van der Waals surface area contributed by atoms with Gasteiger partial charge in [-0.15, -0.1) is 0 Å². The van der Waals surface area contributed by atoms with Crippen LogP contribution in [0.1, 0.15) is 18.5 Å². The van der Waals surface area contributed by atoms with Gasteiger partial charge in [0.2, 0.25) is 0 Å². The van der Waals surface area contributed by atoms with Crippen molar-refractivity contribution in [2.75, 3.05) is 13.1 Å². The second-order valence-electron chi connectivity index (χ2n) is 4.52. The zero-order valence-corrected chi connectivity index (χ0v) is 9.59. The third kappa shape index (κ3) is 2.44.